The summed E-state index contributed by atoms with van der Waals surface area (Å²) in [5, 5.41) is 6.02. The molecular formula is C42H23Cl3N4. The van der Waals surface area contributed by atoms with Gasteiger partial charge in [0.05, 0.1) is 44.8 Å². The van der Waals surface area contributed by atoms with Crippen LogP contribution in [0, 0.1) is 0 Å². The summed E-state index contributed by atoms with van der Waals surface area (Å²) in [7, 11) is 0. The number of hydrogen-bond acceptors (Lipinski definition) is 4. The Hall–Kier alpha value is -5.39. The van der Waals surface area contributed by atoms with E-state index < -0.39 is 0 Å². The molecule has 0 atom stereocenters. The number of rotatable bonds is 4. The summed E-state index contributed by atoms with van der Waals surface area (Å²) >= 11 is 19.1. The van der Waals surface area contributed by atoms with Gasteiger partial charge in [-0.1, -0.05) is 108 Å². The number of hydrogen-bond donors (Lipinski definition) is 0. The van der Waals surface area contributed by atoms with Crippen LogP contribution in [0.5, 0.6) is 0 Å². The van der Waals surface area contributed by atoms with Gasteiger partial charge in [-0.05, 0) is 66.7 Å². The first-order valence-electron chi connectivity index (χ1n) is 15.7. The molecule has 0 saturated carbocycles. The topological polar surface area (TPSA) is 51.6 Å². The second-order valence-corrected chi connectivity index (χ2v) is 13.3. The molecule has 0 radical (unpaired) electrons. The summed E-state index contributed by atoms with van der Waals surface area (Å²) in [6.45, 7) is 0. The van der Waals surface area contributed by atoms with E-state index in [4.69, 9.17) is 54.7 Å². The van der Waals surface area contributed by atoms with Crippen molar-refractivity contribution in [2.75, 3.05) is 0 Å². The monoisotopic (exact) mass is 688 g/mol. The molecule has 4 nitrogen and oxygen atoms in total. The second kappa shape index (κ2) is 11.9. The van der Waals surface area contributed by atoms with Crippen LogP contribution in [0.25, 0.3) is 88.6 Å². The lowest BCUT2D eigenvalue weighted by Crippen LogP contribution is -1.93. The number of benzene rings is 5. The molecule has 0 saturated heterocycles. The highest BCUT2D eigenvalue weighted by atomic mass is 35.5. The fourth-order valence-corrected chi connectivity index (χ4v) is 6.79. The molecule has 0 unspecified atom stereocenters. The molecular weight excluding hydrogens is 667 g/mol. The predicted octanol–water partition coefficient (Wildman–Crippen LogP) is 12.5. The normalized spacial score (nSPS) is 11.6. The molecule has 9 rings (SSSR count). The van der Waals surface area contributed by atoms with Crippen LogP contribution in [0.3, 0.4) is 0 Å². The number of halogens is 3. The van der Waals surface area contributed by atoms with Crippen LogP contribution in [-0.4, -0.2) is 19.9 Å². The van der Waals surface area contributed by atoms with Gasteiger partial charge >= 0.3 is 0 Å². The third-order valence-electron chi connectivity index (χ3n) is 8.81. The Balaban J connectivity index is 1.15. The van der Waals surface area contributed by atoms with Crippen molar-refractivity contribution in [1.29, 1.82) is 0 Å². The van der Waals surface area contributed by atoms with E-state index in [1.807, 2.05) is 84.9 Å². The first kappa shape index (κ1) is 29.7. The highest BCUT2D eigenvalue weighted by molar-refractivity contribution is 6.31. The van der Waals surface area contributed by atoms with Crippen molar-refractivity contribution in [3.63, 3.8) is 0 Å². The van der Waals surface area contributed by atoms with Crippen LogP contribution in [0.4, 0.5) is 0 Å². The Labute approximate surface area is 296 Å². The molecule has 4 heterocycles. The zero-order valence-corrected chi connectivity index (χ0v) is 28.0. The van der Waals surface area contributed by atoms with Crippen LogP contribution >= 0.6 is 34.8 Å². The predicted molar refractivity (Wildman–Crippen MR) is 204 cm³/mol. The smallest absolute Gasteiger partial charge is 0.0972 e. The van der Waals surface area contributed by atoms with Crippen molar-refractivity contribution in [2.24, 2.45) is 0 Å². The molecule has 0 aliphatic carbocycles. The lowest BCUT2D eigenvalue weighted by molar-refractivity contribution is 1.35. The van der Waals surface area contributed by atoms with Gasteiger partial charge in [0.15, 0.2) is 0 Å². The lowest BCUT2D eigenvalue weighted by Gasteiger charge is -2.11. The number of nitrogens with zero attached hydrogens (tertiary/aromatic N) is 4. The summed E-state index contributed by atoms with van der Waals surface area (Å²) in [5.74, 6) is 0. The van der Waals surface area contributed by atoms with Gasteiger partial charge in [0, 0.05) is 58.9 Å². The standard InChI is InChI=1S/C42H23Cl3N4/c43-32-13-5-24(6-14-32)35-17-9-26-1-3-28-11-19-37(48-41(28)39(26)46-35)30-21-31(23-34(45)22-30)38-20-12-29-4-2-27-10-18-36(47-40(27)42(29)49-38)25-7-15-33(44)16-8-25/h1-23H. The average Bonchev–Trinajstić information content (AvgIpc) is 3.14. The van der Waals surface area contributed by atoms with Gasteiger partial charge in [0.2, 0.25) is 0 Å². The SMILES string of the molecule is Clc1ccc(-c2ccc3ccc4ccc(-c5cc(Cl)cc(-c6ccc7ccc8ccc(-c9ccc(Cl)cc9)nc8c7n6)c5)nc4c3n2)cc1. The van der Waals surface area contributed by atoms with Gasteiger partial charge < -0.3 is 0 Å². The fraction of sp³-hybridized carbons (Fsp3) is 0. The van der Waals surface area contributed by atoms with Gasteiger partial charge in [-0.25, -0.2) is 19.9 Å². The summed E-state index contributed by atoms with van der Waals surface area (Å²) in [5.41, 5.74) is 10.4. The van der Waals surface area contributed by atoms with E-state index in [2.05, 4.69) is 54.6 Å². The van der Waals surface area contributed by atoms with E-state index >= 15 is 0 Å². The van der Waals surface area contributed by atoms with Gasteiger partial charge in [0.25, 0.3) is 0 Å². The zero-order valence-electron chi connectivity index (χ0n) is 25.7. The van der Waals surface area contributed by atoms with E-state index in [1.54, 1.807) is 0 Å². The molecule has 49 heavy (non-hydrogen) atoms. The molecule has 0 N–H and O–H groups in total. The van der Waals surface area contributed by atoms with Crippen LogP contribution < -0.4 is 0 Å². The molecule has 0 fully saturated rings. The van der Waals surface area contributed by atoms with Crippen LogP contribution in [0.2, 0.25) is 15.1 Å². The Morgan fingerprint density at radius 2 is 0.551 bits per heavy atom. The number of aromatic nitrogens is 4. The molecule has 0 bridgehead atoms. The van der Waals surface area contributed by atoms with Crippen LogP contribution in [0.1, 0.15) is 0 Å². The number of fused-ring (bicyclic) bond motifs is 6. The maximum absolute atomic E-state index is 6.78. The fourth-order valence-electron chi connectivity index (χ4n) is 6.31. The molecule has 7 heteroatoms. The molecule has 5 aromatic carbocycles. The van der Waals surface area contributed by atoms with Gasteiger partial charge in [-0.15, -0.1) is 0 Å². The quantitative estimate of drug-likeness (QED) is 0.173. The molecule has 0 aliphatic rings. The summed E-state index contributed by atoms with van der Waals surface area (Å²) in [4.78, 5) is 20.4. The zero-order chi connectivity index (χ0) is 33.1. The summed E-state index contributed by atoms with van der Waals surface area (Å²) in [6.07, 6.45) is 0. The molecule has 0 aliphatic heterocycles. The Morgan fingerprint density at radius 3 is 0.878 bits per heavy atom. The van der Waals surface area contributed by atoms with Crippen molar-refractivity contribution in [1.82, 2.24) is 19.9 Å². The Kier molecular flexibility index (Phi) is 7.24. The Morgan fingerprint density at radius 1 is 0.265 bits per heavy atom. The minimum Gasteiger partial charge on any atom is -0.245 e. The van der Waals surface area contributed by atoms with Crippen molar-refractivity contribution >= 4 is 78.4 Å². The van der Waals surface area contributed by atoms with E-state index in [1.165, 1.54) is 0 Å². The van der Waals surface area contributed by atoms with E-state index in [-0.39, 0.29) is 0 Å². The van der Waals surface area contributed by atoms with Gasteiger partial charge in [-0.2, -0.15) is 0 Å². The third-order valence-corrected chi connectivity index (χ3v) is 9.53. The first-order valence-corrected chi connectivity index (χ1v) is 16.8. The van der Waals surface area contributed by atoms with Crippen LogP contribution in [-0.2, 0) is 0 Å². The highest BCUT2D eigenvalue weighted by Crippen LogP contribution is 2.34. The van der Waals surface area contributed by atoms with Crippen molar-refractivity contribution in [3.8, 4) is 45.0 Å². The molecule has 0 spiro atoms. The maximum Gasteiger partial charge on any atom is 0.0972 e. The average molecular weight is 690 g/mol. The second-order valence-electron chi connectivity index (χ2n) is 11.9. The van der Waals surface area contributed by atoms with Crippen molar-refractivity contribution in [2.45, 2.75) is 0 Å². The highest BCUT2D eigenvalue weighted by Gasteiger charge is 2.13. The van der Waals surface area contributed by atoms with E-state index in [9.17, 15) is 0 Å². The molecule has 9 aromatic rings. The van der Waals surface area contributed by atoms with Crippen LogP contribution in [0.15, 0.2) is 140 Å². The van der Waals surface area contributed by atoms with Gasteiger partial charge in [0.1, 0.15) is 0 Å². The largest absolute Gasteiger partial charge is 0.245 e. The van der Waals surface area contributed by atoms with Gasteiger partial charge in [-0.3, -0.25) is 0 Å². The van der Waals surface area contributed by atoms with E-state index in [0.29, 0.717) is 15.1 Å². The maximum atomic E-state index is 6.78. The Bertz CT molecular complexity index is 2560. The number of pyridine rings is 4. The minimum atomic E-state index is 0.596. The minimum absolute atomic E-state index is 0.596. The first-order chi connectivity index (χ1) is 23.9. The third kappa shape index (κ3) is 5.54. The lowest BCUT2D eigenvalue weighted by atomic mass is 10.0. The molecule has 232 valence electrons. The molecule has 4 aromatic heterocycles. The van der Waals surface area contributed by atoms with Crippen molar-refractivity contribution in [3.05, 3.63) is 155 Å². The summed E-state index contributed by atoms with van der Waals surface area (Å²) < 4.78 is 0. The molecule has 0 amide bonds. The van der Waals surface area contributed by atoms with E-state index in [0.717, 1.165) is 88.6 Å². The van der Waals surface area contributed by atoms with Crippen molar-refractivity contribution < 1.29 is 0 Å². The summed E-state index contributed by atoms with van der Waals surface area (Å²) in [6, 6.07) is 46.1.